The van der Waals surface area contributed by atoms with Gasteiger partial charge in [-0.05, 0) is 18.2 Å². The van der Waals surface area contributed by atoms with Crippen LogP contribution >= 0.6 is 11.6 Å². The van der Waals surface area contributed by atoms with Crippen molar-refractivity contribution in [1.82, 2.24) is 0 Å². The van der Waals surface area contributed by atoms with E-state index in [9.17, 15) is 18.3 Å². The van der Waals surface area contributed by atoms with Crippen LogP contribution in [-0.2, 0) is 21.2 Å². The predicted molar refractivity (Wildman–Crippen MR) is 73.0 cm³/mol. The van der Waals surface area contributed by atoms with Crippen molar-refractivity contribution < 1.29 is 52.3 Å². The molecule has 0 aliphatic heterocycles. The third-order valence-electron chi connectivity index (χ3n) is 3.15. The van der Waals surface area contributed by atoms with Crippen LogP contribution in [-0.4, -0.2) is 19.9 Å². The standard InChI is InChI=1S/C12H13ClN2O5S.Na/c13-9-6-12(14,5-7-2-1-3-20-7)8(11(16)17)4-10(9)21(15,18)19;/h1-4,6,8H,5,14H2,(H,16,17)(H2,15,18,19);/q;+1/p-1. The van der Waals surface area contributed by atoms with Crippen LogP contribution in [0.4, 0.5) is 0 Å². The van der Waals surface area contributed by atoms with Gasteiger partial charge in [-0.2, -0.15) is 0 Å². The Kier molecular flexibility index (Phi) is 6.07. The normalized spacial score (nSPS) is 25.0. The first-order valence-electron chi connectivity index (χ1n) is 5.79. The molecule has 1 aliphatic carbocycles. The van der Waals surface area contributed by atoms with Gasteiger partial charge in [-0.25, -0.2) is 13.6 Å². The van der Waals surface area contributed by atoms with Gasteiger partial charge < -0.3 is 20.1 Å². The first-order chi connectivity index (χ1) is 9.63. The van der Waals surface area contributed by atoms with Gasteiger partial charge in [0.1, 0.15) is 5.76 Å². The van der Waals surface area contributed by atoms with E-state index in [0.29, 0.717) is 5.76 Å². The smallest absolute Gasteiger partial charge is 0.549 e. The minimum atomic E-state index is -4.16. The molecule has 0 amide bonds. The SMILES string of the molecule is NC1(Cc2ccco2)C=C(Cl)C(S(N)(=O)=O)=CC1C(=O)[O-].[Na+]. The molecule has 4 N–H and O–H groups in total. The number of rotatable bonds is 4. The largest absolute Gasteiger partial charge is 1.00 e. The number of aliphatic carboxylic acids is 1. The monoisotopic (exact) mass is 354 g/mol. The van der Waals surface area contributed by atoms with Gasteiger partial charge in [0, 0.05) is 12.3 Å². The summed E-state index contributed by atoms with van der Waals surface area (Å²) in [5.41, 5.74) is 4.59. The van der Waals surface area contributed by atoms with Crippen molar-refractivity contribution in [2.75, 3.05) is 0 Å². The summed E-state index contributed by atoms with van der Waals surface area (Å²) in [4.78, 5) is 10.8. The molecule has 0 bridgehead atoms. The summed E-state index contributed by atoms with van der Waals surface area (Å²) >= 11 is 5.87. The van der Waals surface area contributed by atoms with Crippen molar-refractivity contribution in [2.45, 2.75) is 12.0 Å². The molecule has 7 nitrogen and oxygen atoms in total. The Morgan fingerprint density at radius 3 is 2.59 bits per heavy atom. The van der Waals surface area contributed by atoms with Crippen molar-refractivity contribution in [3.05, 3.63) is 46.2 Å². The van der Waals surface area contributed by atoms with Gasteiger partial charge in [0.25, 0.3) is 0 Å². The number of sulfonamides is 1. The number of allylic oxidation sites excluding steroid dienone is 1. The number of hydrogen-bond donors (Lipinski definition) is 2. The second-order valence-electron chi connectivity index (χ2n) is 4.73. The molecule has 2 rings (SSSR count). The van der Waals surface area contributed by atoms with E-state index in [1.807, 2.05) is 0 Å². The molecule has 0 spiro atoms. The van der Waals surface area contributed by atoms with Crippen LogP contribution in [0.1, 0.15) is 5.76 Å². The quantitative estimate of drug-likeness (QED) is 0.531. The van der Waals surface area contributed by atoms with Crippen molar-refractivity contribution in [3.63, 3.8) is 0 Å². The van der Waals surface area contributed by atoms with Crippen LogP contribution in [0.25, 0.3) is 0 Å². The Balaban J connectivity index is 0.00000242. The Labute approximate surface area is 154 Å². The summed E-state index contributed by atoms with van der Waals surface area (Å²) in [6.07, 6.45) is 3.46. The number of primary sulfonamides is 1. The van der Waals surface area contributed by atoms with E-state index >= 15 is 0 Å². The molecule has 0 aromatic carbocycles. The molecule has 1 aliphatic rings. The van der Waals surface area contributed by atoms with Crippen molar-refractivity contribution >= 4 is 27.6 Å². The Hall–Kier alpha value is -0.610. The molecule has 114 valence electrons. The third-order valence-corrected chi connectivity index (χ3v) is 4.54. The average molecular weight is 355 g/mol. The first kappa shape index (κ1) is 19.4. The third kappa shape index (κ3) is 4.02. The Morgan fingerprint density at radius 2 is 2.14 bits per heavy atom. The molecule has 22 heavy (non-hydrogen) atoms. The summed E-state index contributed by atoms with van der Waals surface area (Å²) in [7, 11) is -4.16. The van der Waals surface area contributed by atoms with Gasteiger partial charge >= 0.3 is 29.6 Å². The fraction of sp³-hybridized carbons (Fsp3) is 0.250. The maximum Gasteiger partial charge on any atom is 1.00 e. The van der Waals surface area contributed by atoms with Crippen LogP contribution in [0.15, 0.2) is 44.9 Å². The predicted octanol–water partition coefficient (Wildman–Crippen LogP) is -3.80. The van der Waals surface area contributed by atoms with E-state index in [1.54, 1.807) is 12.1 Å². The number of carbonyl (C=O) groups excluding carboxylic acids is 1. The van der Waals surface area contributed by atoms with E-state index < -0.39 is 32.4 Å². The summed E-state index contributed by atoms with van der Waals surface area (Å²) in [6, 6.07) is 3.23. The molecule has 1 aromatic rings. The Morgan fingerprint density at radius 1 is 1.50 bits per heavy atom. The number of nitrogens with two attached hydrogens (primary N) is 2. The number of carboxylic acids is 1. The van der Waals surface area contributed by atoms with E-state index in [0.717, 1.165) is 12.2 Å². The minimum absolute atomic E-state index is 0. The molecule has 0 saturated heterocycles. The van der Waals surface area contributed by atoms with Crippen LogP contribution in [0.5, 0.6) is 0 Å². The zero-order valence-corrected chi connectivity index (χ0v) is 15.2. The van der Waals surface area contributed by atoms with Gasteiger partial charge in [0.2, 0.25) is 10.0 Å². The maximum atomic E-state index is 11.4. The number of furan rings is 1. The van der Waals surface area contributed by atoms with Crippen molar-refractivity contribution in [2.24, 2.45) is 16.8 Å². The van der Waals surface area contributed by atoms with Gasteiger partial charge in [0.05, 0.1) is 27.7 Å². The van der Waals surface area contributed by atoms with E-state index in [-0.39, 0.29) is 41.0 Å². The van der Waals surface area contributed by atoms with Crippen molar-refractivity contribution in [3.8, 4) is 0 Å². The van der Waals surface area contributed by atoms with Crippen molar-refractivity contribution in [1.29, 1.82) is 0 Å². The molecule has 0 saturated carbocycles. The second kappa shape index (κ2) is 6.88. The average Bonchev–Trinajstić information content (AvgIpc) is 2.78. The molecule has 10 heteroatoms. The zero-order valence-electron chi connectivity index (χ0n) is 11.7. The van der Waals surface area contributed by atoms with E-state index in [2.05, 4.69) is 0 Å². The molecule has 2 unspecified atom stereocenters. The zero-order chi connectivity index (χ0) is 15.8. The number of halogens is 1. The van der Waals surface area contributed by atoms with Crippen LogP contribution in [0, 0.1) is 5.92 Å². The summed E-state index contributed by atoms with van der Waals surface area (Å²) in [5.74, 6) is -2.53. The van der Waals surface area contributed by atoms with Gasteiger partial charge in [-0.3, -0.25) is 0 Å². The number of carboxylic acid groups (broad SMARTS) is 1. The minimum Gasteiger partial charge on any atom is -0.549 e. The molecular weight excluding hydrogens is 343 g/mol. The summed E-state index contributed by atoms with van der Waals surface area (Å²) in [5, 5.41) is 16.1. The van der Waals surface area contributed by atoms with Crippen LogP contribution < -0.4 is 45.5 Å². The molecular formula is C12H12ClN2NaO5S. The van der Waals surface area contributed by atoms with Gasteiger partial charge in [-0.1, -0.05) is 17.7 Å². The molecule has 1 aromatic heterocycles. The second-order valence-corrected chi connectivity index (χ2v) is 6.67. The van der Waals surface area contributed by atoms with E-state index in [4.69, 9.17) is 26.9 Å². The van der Waals surface area contributed by atoms with Crippen LogP contribution in [0.3, 0.4) is 0 Å². The van der Waals surface area contributed by atoms with E-state index in [1.165, 1.54) is 6.26 Å². The molecule has 1 heterocycles. The number of hydrogen-bond acceptors (Lipinski definition) is 6. The maximum absolute atomic E-state index is 11.4. The topological polar surface area (TPSA) is 139 Å². The molecule has 2 atom stereocenters. The van der Waals surface area contributed by atoms with Gasteiger partial charge in [0.15, 0.2) is 0 Å². The fourth-order valence-electron chi connectivity index (χ4n) is 2.18. The Bertz CT molecular complexity index is 729. The van der Waals surface area contributed by atoms with Crippen LogP contribution in [0.2, 0.25) is 0 Å². The summed E-state index contributed by atoms with van der Waals surface area (Å²) < 4.78 is 27.9. The number of carbonyl (C=O) groups is 1. The van der Waals surface area contributed by atoms with Gasteiger partial charge in [-0.15, -0.1) is 0 Å². The molecule has 0 fully saturated rings. The fourth-order valence-corrected chi connectivity index (χ4v) is 3.42. The summed E-state index contributed by atoms with van der Waals surface area (Å²) in [6.45, 7) is 0. The molecule has 0 radical (unpaired) electrons. The first-order valence-corrected chi connectivity index (χ1v) is 7.71.